The van der Waals surface area contributed by atoms with Gasteiger partial charge in [0.15, 0.2) is 9.84 Å². The smallest absolute Gasteiger partial charge is 0.227 e. The number of aliphatic hydroxyl groups is 1. The summed E-state index contributed by atoms with van der Waals surface area (Å²) in [7, 11) is -1.36. The molecule has 0 saturated carbocycles. The van der Waals surface area contributed by atoms with Crippen molar-refractivity contribution in [3.63, 3.8) is 0 Å². The van der Waals surface area contributed by atoms with Crippen molar-refractivity contribution in [1.82, 2.24) is 9.88 Å². The van der Waals surface area contributed by atoms with Gasteiger partial charge in [-0.2, -0.15) is 0 Å². The number of nitrogens with zero attached hydrogens (tertiary/aromatic N) is 2. The number of benzene rings is 2. The molecule has 1 N–H and O–H groups in total. The second kappa shape index (κ2) is 8.37. The number of hydrogen-bond donors (Lipinski definition) is 1. The van der Waals surface area contributed by atoms with E-state index in [0.29, 0.717) is 31.2 Å². The van der Waals surface area contributed by atoms with E-state index in [2.05, 4.69) is 0 Å². The quantitative estimate of drug-likeness (QED) is 0.616. The standard InChI is InChI=1S/C22H26N2O5S/c1-15-20(13-24(10-11-25)16-9-12-30(26,27)14-16)23-22(29-15)19-7-8-21(28-2)18-6-4-3-5-17(18)19/h3-8,16,25H,9-14H2,1-2H3/t16-/m1/s1. The Morgan fingerprint density at radius 2 is 2.00 bits per heavy atom. The van der Waals surface area contributed by atoms with Gasteiger partial charge < -0.3 is 14.3 Å². The van der Waals surface area contributed by atoms with Crippen molar-refractivity contribution in [2.75, 3.05) is 31.8 Å². The van der Waals surface area contributed by atoms with E-state index in [1.807, 2.05) is 48.2 Å². The van der Waals surface area contributed by atoms with Crippen LogP contribution in [0.5, 0.6) is 5.75 Å². The van der Waals surface area contributed by atoms with Crippen LogP contribution < -0.4 is 4.74 Å². The fourth-order valence-corrected chi connectivity index (χ4v) is 5.86. The molecule has 1 aliphatic rings. The Morgan fingerprint density at radius 3 is 2.67 bits per heavy atom. The van der Waals surface area contributed by atoms with E-state index in [0.717, 1.165) is 27.8 Å². The highest BCUT2D eigenvalue weighted by molar-refractivity contribution is 7.91. The number of aliphatic hydroxyl groups excluding tert-OH is 1. The number of aryl methyl sites for hydroxylation is 1. The Hall–Kier alpha value is -2.42. The van der Waals surface area contributed by atoms with Crippen LogP contribution >= 0.6 is 0 Å². The highest BCUT2D eigenvalue weighted by Gasteiger charge is 2.32. The summed E-state index contributed by atoms with van der Waals surface area (Å²) in [6.45, 7) is 2.65. The molecule has 0 bridgehead atoms. The summed E-state index contributed by atoms with van der Waals surface area (Å²) in [5, 5.41) is 11.4. The summed E-state index contributed by atoms with van der Waals surface area (Å²) in [5.74, 6) is 2.31. The van der Waals surface area contributed by atoms with Gasteiger partial charge in [-0.25, -0.2) is 13.4 Å². The largest absolute Gasteiger partial charge is 0.496 e. The van der Waals surface area contributed by atoms with Gasteiger partial charge in [0.2, 0.25) is 5.89 Å². The van der Waals surface area contributed by atoms with E-state index < -0.39 is 9.84 Å². The first-order chi connectivity index (χ1) is 14.4. The summed E-state index contributed by atoms with van der Waals surface area (Å²) in [5.41, 5.74) is 1.63. The monoisotopic (exact) mass is 430 g/mol. The molecule has 0 radical (unpaired) electrons. The van der Waals surface area contributed by atoms with Gasteiger partial charge in [0.1, 0.15) is 11.5 Å². The minimum absolute atomic E-state index is 0.0383. The number of ether oxygens (including phenoxy) is 1. The molecule has 3 aromatic rings. The average molecular weight is 431 g/mol. The molecule has 1 atom stereocenters. The van der Waals surface area contributed by atoms with E-state index in [-0.39, 0.29) is 24.2 Å². The second-order valence-corrected chi connectivity index (χ2v) is 9.86. The molecule has 1 saturated heterocycles. The summed E-state index contributed by atoms with van der Waals surface area (Å²) >= 11 is 0. The third-order valence-electron chi connectivity index (χ3n) is 5.69. The SMILES string of the molecule is COc1ccc(-c2nc(CN(CCO)[C@@H]3CCS(=O)(=O)C3)c(C)o2)c2ccccc12. The fraction of sp³-hybridized carbons (Fsp3) is 0.409. The van der Waals surface area contributed by atoms with Crippen LogP contribution in [0.15, 0.2) is 40.8 Å². The fourth-order valence-electron chi connectivity index (χ4n) is 4.10. The average Bonchev–Trinajstić information content (AvgIpc) is 3.28. The molecule has 4 rings (SSSR count). The van der Waals surface area contributed by atoms with E-state index >= 15 is 0 Å². The summed E-state index contributed by atoms with van der Waals surface area (Å²) in [6.07, 6.45) is 0.579. The van der Waals surface area contributed by atoms with Gasteiger partial charge in [-0.1, -0.05) is 24.3 Å². The van der Waals surface area contributed by atoms with Gasteiger partial charge >= 0.3 is 0 Å². The molecule has 1 fully saturated rings. The lowest BCUT2D eigenvalue weighted by Crippen LogP contribution is -2.38. The molecule has 8 heteroatoms. The van der Waals surface area contributed by atoms with Gasteiger partial charge in [-0.3, -0.25) is 4.90 Å². The molecular weight excluding hydrogens is 404 g/mol. The topological polar surface area (TPSA) is 92.9 Å². The van der Waals surface area contributed by atoms with Crippen LogP contribution in [0.4, 0.5) is 0 Å². The molecular formula is C22H26N2O5S. The minimum atomic E-state index is -3.01. The maximum atomic E-state index is 11.9. The molecule has 0 unspecified atom stereocenters. The molecule has 1 aliphatic heterocycles. The second-order valence-electron chi connectivity index (χ2n) is 7.63. The van der Waals surface area contributed by atoms with Crippen molar-refractivity contribution in [3.05, 3.63) is 47.9 Å². The predicted molar refractivity (Wildman–Crippen MR) is 115 cm³/mol. The number of oxazole rings is 1. The summed E-state index contributed by atoms with van der Waals surface area (Å²) in [4.78, 5) is 6.73. The third-order valence-corrected chi connectivity index (χ3v) is 7.44. The third kappa shape index (κ3) is 4.08. The van der Waals surface area contributed by atoms with Gasteiger partial charge in [-0.05, 0) is 30.9 Å². The van der Waals surface area contributed by atoms with Crippen molar-refractivity contribution in [2.45, 2.75) is 25.9 Å². The lowest BCUT2D eigenvalue weighted by Gasteiger charge is -2.26. The van der Waals surface area contributed by atoms with Gasteiger partial charge in [-0.15, -0.1) is 0 Å². The number of hydrogen-bond acceptors (Lipinski definition) is 7. The number of aromatic nitrogens is 1. The highest BCUT2D eigenvalue weighted by Crippen LogP contribution is 2.35. The van der Waals surface area contributed by atoms with E-state index in [1.54, 1.807) is 7.11 Å². The number of fused-ring (bicyclic) bond motifs is 1. The van der Waals surface area contributed by atoms with Crippen LogP contribution in [0.3, 0.4) is 0 Å². The zero-order chi connectivity index (χ0) is 21.3. The molecule has 1 aromatic heterocycles. The van der Waals surface area contributed by atoms with E-state index in [9.17, 15) is 13.5 Å². The Labute approximate surface area is 176 Å². The summed E-state index contributed by atoms with van der Waals surface area (Å²) < 4.78 is 35.3. The van der Waals surface area contributed by atoms with Crippen LogP contribution in [-0.4, -0.2) is 61.2 Å². The first-order valence-corrected chi connectivity index (χ1v) is 11.8. The first-order valence-electron chi connectivity index (χ1n) is 9.99. The van der Waals surface area contributed by atoms with Gasteiger partial charge in [0, 0.05) is 30.1 Å². The minimum Gasteiger partial charge on any atom is -0.496 e. The molecule has 2 aromatic carbocycles. The number of methoxy groups -OCH3 is 1. The van der Waals surface area contributed by atoms with E-state index in [4.69, 9.17) is 14.1 Å². The molecule has 7 nitrogen and oxygen atoms in total. The van der Waals surface area contributed by atoms with Crippen molar-refractivity contribution in [3.8, 4) is 17.2 Å². The Morgan fingerprint density at radius 1 is 1.23 bits per heavy atom. The molecule has 30 heavy (non-hydrogen) atoms. The lowest BCUT2D eigenvalue weighted by atomic mass is 10.0. The first kappa shape index (κ1) is 20.8. The molecule has 0 amide bonds. The Balaban J connectivity index is 1.66. The molecule has 160 valence electrons. The van der Waals surface area contributed by atoms with Crippen LogP contribution in [-0.2, 0) is 16.4 Å². The van der Waals surface area contributed by atoms with Crippen molar-refractivity contribution in [2.24, 2.45) is 0 Å². The van der Waals surface area contributed by atoms with Gasteiger partial charge in [0.05, 0.1) is 30.9 Å². The number of rotatable bonds is 7. The lowest BCUT2D eigenvalue weighted by molar-refractivity contribution is 0.152. The molecule has 0 spiro atoms. The Bertz CT molecular complexity index is 1160. The van der Waals surface area contributed by atoms with Crippen molar-refractivity contribution >= 4 is 20.6 Å². The molecule has 2 heterocycles. The van der Waals surface area contributed by atoms with Crippen LogP contribution in [0.25, 0.3) is 22.2 Å². The van der Waals surface area contributed by atoms with Gasteiger partial charge in [0.25, 0.3) is 0 Å². The van der Waals surface area contributed by atoms with Crippen LogP contribution in [0, 0.1) is 6.92 Å². The predicted octanol–water partition coefficient (Wildman–Crippen LogP) is 2.79. The molecule has 0 aliphatic carbocycles. The zero-order valence-electron chi connectivity index (χ0n) is 17.2. The number of sulfone groups is 1. The van der Waals surface area contributed by atoms with Crippen molar-refractivity contribution in [1.29, 1.82) is 0 Å². The highest BCUT2D eigenvalue weighted by atomic mass is 32.2. The van der Waals surface area contributed by atoms with Crippen LogP contribution in [0.1, 0.15) is 17.9 Å². The maximum Gasteiger partial charge on any atom is 0.227 e. The Kier molecular flexibility index (Phi) is 5.81. The normalized spacial score (nSPS) is 18.3. The van der Waals surface area contributed by atoms with Crippen molar-refractivity contribution < 1.29 is 22.7 Å². The van der Waals surface area contributed by atoms with Crippen LogP contribution in [0.2, 0.25) is 0 Å². The van der Waals surface area contributed by atoms with E-state index in [1.165, 1.54) is 0 Å². The zero-order valence-corrected chi connectivity index (χ0v) is 18.0. The maximum absolute atomic E-state index is 11.9. The summed E-state index contributed by atoms with van der Waals surface area (Å²) in [6, 6.07) is 11.7.